The number of aromatic nitrogens is 1. The van der Waals surface area contributed by atoms with Gasteiger partial charge in [-0.2, -0.15) is 10.5 Å². The van der Waals surface area contributed by atoms with Crippen LogP contribution in [0.2, 0.25) is 0 Å². The molecule has 4 rings (SSSR count). The van der Waals surface area contributed by atoms with Crippen molar-refractivity contribution >= 4 is 28.1 Å². The molecule has 0 unspecified atom stereocenters. The number of hydrogen-bond acceptors (Lipinski definition) is 6. The number of carbonyl (C=O) groups excluding carboxylic acids is 1. The molecule has 3 aromatic rings. The van der Waals surface area contributed by atoms with Gasteiger partial charge in [0.25, 0.3) is 0 Å². The van der Waals surface area contributed by atoms with Crippen LogP contribution in [0.5, 0.6) is 0 Å². The SMILES string of the molecule is CC(=O)c1ccc(C#N)c(N2CCN(c3c(C#N)cnc4ccccc34)CC2)c1. The molecular weight excluding hydrogens is 362 g/mol. The van der Waals surface area contributed by atoms with Crippen LogP contribution in [0.1, 0.15) is 28.4 Å². The fraction of sp³-hybridized carbons (Fsp3) is 0.217. The first kappa shape index (κ1) is 18.5. The van der Waals surface area contributed by atoms with Crippen molar-refractivity contribution in [3.8, 4) is 12.1 Å². The van der Waals surface area contributed by atoms with Crippen LogP contribution in [-0.4, -0.2) is 36.9 Å². The van der Waals surface area contributed by atoms with Crippen molar-refractivity contribution in [3.63, 3.8) is 0 Å². The number of benzene rings is 2. The van der Waals surface area contributed by atoms with Gasteiger partial charge in [0, 0.05) is 43.3 Å². The summed E-state index contributed by atoms with van der Waals surface area (Å²) in [6.07, 6.45) is 1.63. The second-order valence-corrected chi connectivity index (χ2v) is 7.02. The van der Waals surface area contributed by atoms with Gasteiger partial charge in [0.2, 0.25) is 0 Å². The average molecular weight is 381 g/mol. The Morgan fingerprint density at radius 3 is 2.34 bits per heavy atom. The van der Waals surface area contributed by atoms with Gasteiger partial charge >= 0.3 is 0 Å². The van der Waals surface area contributed by atoms with E-state index in [0.29, 0.717) is 42.9 Å². The quantitative estimate of drug-likeness (QED) is 0.646. The Hall–Kier alpha value is -3.90. The van der Waals surface area contributed by atoms with Crippen LogP contribution in [0.15, 0.2) is 48.7 Å². The number of Topliss-reactive ketones (excluding diaryl/α,β-unsaturated/α-hetero) is 1. The normalized spacial score (nSPS) is 13.8. The van der Waals surface area contributed by atoms with Gasteiger partial charge in [0.1, 0.15) is 12.1 Å². The summed E-state index contributed by atoms with van der Waals surface area (Å²) in [6.45, 7) is 4.33. The minimum atomic E-state index is -0.0173. The summed E-state index contributed by atoms with van der Waals surface area (Å²) in [5.41, 5.74) is 4.30. The van der Waals surface area contributed by atoms with Crippen molar-refractivity contribution < 1.29 is 4.79 Å². The largest absolute Gasteiger partial charge is 0.367 e. The number of piperazine rings is 1. The Labute approximate surface area is 169 Å². The van der Waals surface area contributed by atoms with Crippen LogP contribution in [0.3, 0.4) is 0 Å². The molecule has 1 fully saturated rings. The van der Waals surface area contributed by atoms with Crippen LogP contribution >= 0.6 is 0 Å². The highest BCUT2D eigenvalue weighted by molar-refractivity contribution is 5.96. The molecule has 0 spiro atoms. The van der Waals surface area contributed by atoms with E-state index in [4.69, 9.17) is 0 Å². The average Bonchev–Trinajstić information content (AvgIpc) is 2.78. The fourth-order valence-corrected chi connectivity index (χ4v) is 3.83. The van der Waals surface area contributed by atoms with Gasteiger partial charge in [0.15, 0.2) is 5.78 Å². The van der Waals surface area contributed by atoms with Crippen molar-refractivity contribution in [2.45, 2.75) is 6.92 Å². The van der Waals surface area contributed by atoms with Gasteiger partial charge in [-0.15, -0.1) is 0 Å². The maximum Gasteiger partial charge on any atom is 0.159 e. The van der Waals surface area contributed by atoms with E-state index in [-0.39, 0.29) is 5.78 Å². The van der Waals surface area contributed by atoms with Crippen molar-refractivity contribution in [2.75, 3.05) is 36.0 Å². The zero-order valence-corrected chi connectivity index (χ0v) is 16.1. The Morgan fingerprint density at radius 2 is 1.66 bits per heavy atom. The summed E-state index contributed by atoms with van der Waals surface area (Å²) in [5.74, 6) is -0.0173. The van der Waals surface area contributed by atoms with Crippen LogP contribution < -0.4 is 9.80 Å². The number of nitrogens with zero attached hydrogens (tertiary/aromatic N) is 5. The molecule has 6 nitrogen and oxygen atoms in total. The number of fused-ring (bicyclic) bond motifs is 1. The monoisotopic (exact) mass is 381 g/mol. The smallest absolute Gasteiger partial charge is 0.159 e. The molecular formula is C23H19N5O. The van der Waals surface area contributed by atoms with E-state index < -0.39 is 0 Å². The molecule has 0 N–H and O–H groups in total. The number of rotatable bonds is 3. The molecule has 29 heavy (non-hydrogen) atoms. The Balaban J connectivity index is 1.64. The second kappa shape index (κ2) is 7.61. The Morgan fingerprint density at radius 1 is 0.966 bits per heavy atom. The van der Waals surface area contributed by atoms with Crippen LogP contribution in [0, 0.1) is 22.7 Å². The lowest BCUT2D eigenvalue weighted by molar-refractivity contribution is 0.101. The third-order valence-electron chi connectivity index (χ3n) is 5.33. The molecule has 6 heteroatoms. The van der Waals surface area contributed by atoms with Crippen molar-refractivity contribution in [1.29, 1.82) is 10.5 Å². The van der Waals surface area contributed by atoms with E-state index in [1.165, 1.54) is 6.92 Å². The Bertz CT molecular complexity index is 1180. The minimum Gasteiger partial charge on any atom is -0.367 e. The highest BCUT2D eigenvalue weighted by atomic mass is 16.1. The third kappa shape index (κ3) is 3.37. The highest BCUT2D eigenvalue weighted by Crippen LogP contribution is 2.31. The molecule has 1 aliphatic rings. The minimum absolute atomic E-state index is 0.0173. The molecule has 0 amide bonds. The molecule has 2 heterocycles. The van der Waals surface area contributed by atoms with Gasteiger partial charge in [-0.25, -0.2) is 0 Å². The zero-order valence-electron chi connectivity index (χ0n) is 16.1. The summed E-state index contributed by atoms with van der Waals surface area (Å²) in [4.78, 5) is 20.5. The number of anilines is 2. The van der Waals surface area contributed by atoms with Crippen molar-refractivity contribution in [2.24, 2.45) is 0 Å². The first-order valence-corrected chi connectivity index (χ1v) is 9.45. The zero-order chi connectivity index (χ0) is 20.4. The molecule has 0 radical (unpaired) electrons. The number of para-hydroxylation sites is 1. The predicted molar refractivity (Wildman–Crippen MR) is 112 cm³/mol. The molecule has 1 aromatic heterocycles. The van der Waals surface area contributed by atoms with Gasteiger partial charge in [-0.05, 0) is 31.2 Å². The lowest BCUT2D eigenvalue weighted by Gasteiger charge is -2.38. The van der Waals surface area contributed by atoms with Crippen LogP contribution in [0.25, 0.3) is 10.9 Å². The third-order valence-corrected chi connectivity index (χ3v) is 5.33. The maximum atomic E-state index is 11.8. The lowest BCUT2D eigenvalue weighted by atomic mass is 10.0. The number of nitriles is 2. The molecule has 0 saturated carbocycles. The molecule has 1 saturated heterocycles. The molecule has 0 bridgehead atoms. The Kier molecular flexibility index (Phi) is 4.85. The van der Waals surface area contributed by atoms with Gasteiger partial charge in [-0.3, -0.25) is 9.78 Å². The second-order valence-electron chi connectivity index (χ2n) is 7.02. The molecule has 0 aliphatic carbocycles. The van der Waals surface area contributed by atoms with E-state index in [0.717, 1.165) is 22.3 Å². The maximum absolute atomic E-state index is 11.8. The van der Waals surface area contributed by atoms with Crippen molar-refractivity contribution in [3.05, 3.63) is 65.4 Å². The van der Waals surface area contributed by atoms with E-state index >= 15 is 0 Å². The molecule has 2 aromatic carbocycles. The van der Waals surface area contributed by atoms with Crippen LogP contribution in [-0.2, 0) is 0 Å². The molecule has 1 aliphatic heterocycles. The fourth-order valence-electron chi connectivity index (χ4n) is 3.83. The van der Waals surface area contributed by atoms with Gasteiger partial charge < -0.3 is 9.80 Å². The standard InChI is InChI=1S/C23H19N5O/c1-16(29)17-6-7-18(13-24)22(12-17)27-8-10-28(11-9-27)23-19(14-25)15-26-21-5-3-2-4-20(21)23/h2-7,12,15H,8-11H2,1H3. The van der Waals surface area contributed by atoms with Crippen LogP contribution in [0.4, 0.5) is 11.4 Å². The van der Waals surface area contributed by atoms with E-state index in [1.807, 2.05) is 24.3 Å². The summed E-state index contributed by atoms with van der Waals surface area (Å²) < 4.78 is 0. The number of pyridine rings is 1. The lowest BCUT2D eigenvalue weighted by Crippen LogP contribution is -2.47. The number of hydrogen-bond donors (Lipinski definition) is 0. The molecule has 0 atom stereocenters. The summed E-state index contributed by atoms with van der Waals surface area (Å²) in [6, 6.07) is 17.5. The first-order valence-electron chi connectivity index (χ1n) is 9.45. The summed E-state index contributed by atoms with van der Waals surface area (Å²) in [5, 5.41) is 20.0. The summed E-state index contributed by atoms with van der Waals surface area (Å²) >= 11 is 0. The number of ketones is 1. The van der Waals surface area contributed by atoms with Gasteiger partial charge in [0.05, 0.1) is 28.0 Å². The number of carbonyl (C=O) groups is 1. The van der Waals surface area contributed by atoms with E-state index in [1.54, 1.807) is 24.4 Å². The summed E-state index contributed by atoms with van der Waals surface area (Å²) in [7, 11) is 0. The first-order chi connectivity index (χ1) is 14.1. The van der Waals surface area contributed by atoms with Gasteiger partial charge in [-0.1, -0.05) is 18.2 Å². The molecule has 142 valence electrons. The predicted octanol–water partition coefficient (Wildman–Crippen LogP) is 3.51. The van der Waals surface area contributed by atoms with Crippen molar-refractivity contribution in [1.82, 2.24) is 4.98 Å². The van der Waals surface area contributed by atoms with E-state index in [9.17, 15) is 15.3 Å². The topological polar surface area (TPSA) is 84.0 Å². The van der Waals surface area contributed by atoms with E-state index in [2.05, 4.69) is 26.9 Å². The highest BCUT2D eigenvalue weighted by Gasteiger charge is 2.23.